The van der Waals surface area contributed by atoms with Crippen molar-refractivity contribution in [2.24, 2.45) is 0 Å². The number of aliphatic carboxylic acids is 1. The van der Waals surface area contributed by atoms with Crippen molar-refractivity contribution in [2.45, 2.75) is 0 Å². The van der Waals surface area contributed by atoms with Crippen molar-refractivity contribution in [3.63, 3.8) is 0 Å². The van der Waals surface area contributed by atoms with Gasteiger partial charge in [-0.1, -0.05) is 0 Å². The zero-order valence-electron chi connectivity index (χ0n) is 5.49. The first-order chi connectivity index (χ1) is 5.00. The molecule has 0 rings (SSSR count). The lowest BCUT2D eigenvalue weighted by Gasteiger charge is -1.91. The summed E-state index contributed by atoms with van der Waals surface area (Å²) in [6.45, 7) is 0. The molecule has 6 nitrogen and oxygen atoms in total. The maximum Gasteiger partial charge on any atom is 0.383 e. The van der Waals surface area contributed by atoms with Crippen LogP contribution in [0.3, 0.4) is 0 Å². The largest absolute Gasteiger partial charge is 0.475 e. The molecule has 0 heterocycles. The second-order valence-electron chi connectivity index (χ2n) is 1.45. The summed E-state index contributed by atoms with van der Waals surface area (Å²) in [5, 5.41) is 7.92. The molecule has 0 saturated carbocycles. The Morgan fingerprint density at radius 1 is 1.09 bits per heavy atom. The van der Waals surface area contributed by atoms with Crippen molar-refractivity contribution in [3.8, 4) is 0 Å². The van der Waals surface area contributed by atoms with E-state index in [1.807, 2.05) is 0 Å². The zero-order chi connectivity index (χ0) is 9.02. The number of hydrogen-bond acceptors (Lipinski definition) is 5. The van der Waals surface area contributed by atoms with Crippen LogP contribution in [0.25, 0.3) is 0 Å². The van der Waals surface area contributed by atoms with Crippen LogP contribution >= 0.6 is 0 Å². The van der Waals surface area contributed by atoms with Crippen molar-refractivity contribution in [2.75, 3.05) is 7.11 Å². The lowest BCUT2D eigenvalue weighted by molar-refractivity contribution is -0.160. The van der Waals surface area contributed by atoms with Gasteiger partial charge in [-0.2, -0.15) is 0 Å². The molecule has 6 heteroatoms. The Hall–Kier alpha value is -1.72. The van der Waals surface area contributed by atoms with E-state index in [1.165, 1.54) is 0 Å². The predicted octanol–water partition coefficient (Wildman–Crippen LogP) is -1.62. The SMILES string of the molecule is COC(=O)C(=O)C(=O)C(=O)O. The van der Waals surface area contributed by atoms with Gasteiger partial charge in [-0.3, -0.25) is 9.59 Å². The summed E-state index contributed by atoms with van der Waals surface area (Å²) in [7, 11) is 0.870. The quantitative estimate of drug-likeness (QED) is 0.302. The average Bonchev–Trinajstić information content (AvgIpc) is 2.00. The van der Waals surface area contributed by atoms with E-state index in [2.05, 4.69) is 4.74 Å². The van der Waals surface area contributed by atoms with Crippen LogP contribution in [0.1, 0.15) is 0 Å². The van der Waals surface area contributed by atoms with E-state index in [1.54, 1.807) is 0 Å². The number of carbonyl (C=O) groups excluding carboxylic acids is 3. The number of esters is 1. The number of carboxylic acids is 1. The maximum atomic E-state index is 10.3. The van der Waals surface area contributed by atoms with E-state index in [0.717, 1.165) is 7.11 Å². The van der Waals surface area contributed by atoms with Crippen molar-refractivity contribution in [3.05, 3.63) is 0 Å². The molecule has 0 spiro atoms. The third-order valence-electron chi connectivity index (χ3n) is 0.771. The van der Waals surface area contributed by atoms with Crippen molar-refractivity contribution in [1.29, 1.82) is 0 Å². The lowest BCUT2D eigenvalue weighted by atomic mass is 10.3. The molecule has 0 aromatic rings. The molecule has 0 aromatic carbocycles. The monoisotopic (exact) mass is 160 g/mol. The highest BCUT2D eigenvalue weighted by atomic mass is 16.5. The molecule has 60 valence electrons. The van der Waals surface area contributed by atoms with E-state index in [9.17, 15) is 19.2 Å². The van der Waals surface area contributed by atoms with Gasteiger partial charge in [0.15, 0.2) is 0 Å². The standard InChI is InChI=1S/C5H4O6/c1-11-5(10)3(7)2(6)4(8)9/h1H3,(H,8,9). The van der Waals surface area contributed by atoms with Gasteiger partial charge < -0.3 is 9.84 Å². The van der Waals surface area contributed by atoms with Crippen LogP contribution in [0.2, 0.25) is 0 Å². The van der Waals surface area contributed by atoms with Crippen molar-refractivity contribution < 1.29 is 29.0 Å². The minimum atomic E-state index is -1.97. The topological polar surface area (TPSA) is 97.7 Å². The van der Waals surface area contributed by atoms with Gasteiger partial charge in [-0.15, -0.1) is 0 Å². The summed E-state index contributed by atoms with van der Waals surface area (Å²) in [5.74, 6) is -6.92. The summed E-state index contributed by atoms with van der Waals surface area (Å²) >= 11 is 0. The summed E-state index contributed by atoms with van der Waals surface area (Å²) in [5.41, 5.74) is 0. The Bertz CT molecular complexity index is 227. The van der Waals surface area contributed by atoms with Crippen LogP contribution < -0.4 is 0 Å². The molecular formula is C5H4O6. The second kappa shape index (κ2) is 3.45. The highest BCUT2D eigenvalue weighted by Gasteiger charge is 2.29. The number of methoxy groups -OCH3 is 1. The predicted molar refractivity (Wildman–Crippen MR) is 29.7 cm³/mol. The van der Waals surface area contributed by atoms with Crippen LogP contribution in [0, 0.1) is 0 Å². The lowest BCUT2D eigenvalue weighted by Crippen LogP contribution is -2.30. The molecule has 0 saturated heterocycles. The number of carbonyl (C=O) groups is 4. The molecule has 0 aliphatic carbocycles. The molecule has 0 aromatic heterocycles. The molecule has 0 atom stereocenters. The summed E-state index contributed by atoms with van der Waals surface area (Å²) in [6, 6.07) is 0. The van der Waals surface area contributed by atoms with E-state index in [-0.39, 0.29) is 0 Å². The summed E-state index contributed by atoms with van der Waals surface area (Å²) in [6.07, 6.45) is 0. The fourth-order valence-corrected chi connectivity index (χ4v) is 0.283. The maximum absolute atomic E-state index is 10.3. The van der Waals surface area contributed by atoms with Crippen LogP contribution in [-0.4, -0.2) is 35.7 Å². The molecule has 0 fully saturated rings. The molecular weight excluding hydrogens is 156 g/mol. The highest BCUT2D eigenvalue weighted by molar-refractivity contribution is 6.75. The highest BCUT2D eigenvalue weighted by Crippen LogP contribution is 1.81. The number of hydrogen-bond donors (Lipinski definition) is 1. The Morgan fingerprint density at radius 2 is 1.55 bits per heavy atom. The van der Waals surface area contributed by atoms with Gasteiger partial charge in [0.25, 0.3) is 0 Å². The smallest absolute Gasteiger partial charge is 0.383 e. The van der Waals surface area contributed by atoms with E-state index >= 15 is 0 Å². The van der Waals surface area contributed by atoms with E-state index < -0.39 is 23.5 Å². The molecule has 1 N–H and O–H groups in total. The van der Waals surface area contributed by atoms with Gasteiger partial charge in [-0.25, -0.2) is 9.59 Å². The Labute approximate surface area is 60.8 Å². The minimum absolute atomic E-state index is 0.870. The van der Waals surface area contributed by atoms with Crippen LogP contribution in [0.5, 0.6) is 0 Å². The molecule has 0 aliphatic rings. The number of rotatable bonds is 3. The van der Waals surface area contributed by atoms with Gasteiger partial charge in [0.05, 0.1) is 7.11 Å². The van der Waals surface area contributed by atoms with Gasteiger partial charge >= 0.3 is 23.5 Å². The van der Waals surface area contributed by atoms with Crippen LogP contribution in [0.4, 0.5) is 0 Å². The van der Waals surface area contributed by atoms with E-state index in [0.29, 0.717) is 0 Å². The van der Waals surface area contributed by atoms with Gasteiger partial charge in [0.1, 0.15) is 0 Å². The number of Topliss-reactive ketones (excluding diaryl/α,β-unsaturated/α-hetero) is 2. The van der Waals surface area contributed by atoms with E-state index in [4.69, 9.17) is 5.11 Å². The normalized spacial score (nSPS) is 8.45. The first-order valence-corrected chi connectivity index (χ1v) is 2.40. The number of ketones is 2. The third-order valence-corrected chi connectivity index (χ3v) is 0.771. The zero-order valence-corrected chi connectivity index (χ0v) is 5.49. The fraction of sp³-hybridized carbons (Fsp3) is 0.200. The van der Waals surface area contributed by atoms with Crippen LogP contribution in [0.15, 0.2) is 0 Å². The molecule has 0 radical (unpaired) electrons. The van der Waals surface area contributed by atoms with Crippen molar-refractivity contribution in [1.82, 2.24) is 0 Å². The molecule has 0 bridgehead atoms. The van der Waals surface area contributed by atoms with Gasteiger partial charge in [0.2, 0.25) is 0 Å². The van der Waals surface area contributed by atoms with Gasteiger partial charge in [0, 0.05) is 0 Å². The summed E-state index contributed by atoms with van der Waals surface area (Å²) < 4.78 is 3.81. The Morgan fingerprint density at radius 3 is 1.82 bits per heavy atom. The Balaban J connectivity index is 4.39. The first-order valence-electron chi connectivity index (χ1n) is 2.40. The Kier molecular flexibility index (Phi) is 2.91. The molecule has 11 heavy (non-hydrogen) atoms. The molecule has 0 amide bonds. The second-order valence-corrected chi connectivity index (χ2v) is 1.45. The number of ether oxygens (including phenoxy) is 1. The average molecular weight is 160 g/mol. The molecule has 0 aliphatic heterocycles. The molecule has 0 unspecified atom stereocenters. The van der Waals surface area contributed by atoms with Crippen molar-refractivity contribution >= 4 is 23.5 Å². The summed E-state index contributed by atoms with van der Waals surface area (Å²) in [4.78, 5) is 40.5. The van der Waals surface area contributed by atoms with Gasteiger partial charge in [-0.05, 0) is 0 Å². The first kappa shape index (κ1) is 9.28. The van der Waals surface area contributed by atoms with Crippen LogP contribution in [-0.2, 0) is 23.9 Å². The minimum Gasteiger partial charge on any atom is -0.475 e. The third kappa shape index (κ3) is 2.17. The number of carboxylic acid groups (broad SMARTS) is 1. The fourth-order valence-electron chi connectivity index (χ4n) is 0.283.